The Balaban J connectivity index is 4.49. The van der Waals surface area contributed by atoms with Crippen molar-refractivity contribution in [2.24, 2.45) is 5.92 Å². The summed E-state index contributed by atoms with van der Waals surface area (Å²) in [6, 6.07) is 0. The topological polar surface area (TPSA) is 170 Å². The summed E-state index contributed by atoms with van der Waals surface area (Å²) in [4.78, 5) is 63.2. The van der Waals surface area contributed by atoms with E-state index in [1.165, 1.54) is 0 Å². The van der Waals surface area contributed by atoms with Crippen LogP contribution in [0.1, 0.15) is 76.2 Å². The smallest absolute Gasteiger partial charge is 0.303 e. The molecule has 0 saturated heterocycles. The largest absolute Gasteiger partial charge is 0.458 e. The second-order valence-corrected chi connectivity index (χ2v) is 24.4. The van der Waals surface area contributed by atoms with Gasteiger partial charge in [-0.15, -0.1) is 0 Å². The molecule has 0 bridgehead atoms. The predicted molar refractivity (Wildman–Crippen MR) is 172 cm³/mol. The van der Waals surface area contributed by atoms with Gasteiger partial charge in [0.1, 0.15) is 12.2 Å². The first-order valence-corrected chi connectivity index (χ1v) is 21.3. The number of ether oxygens (including phenoxy) is 5. The molecule has 13 nitrogen and oxygen atoms in total. The molecule has 15 heteroatoms. The number of carbonyl (C=O) groups excluding carboxylic acids is 5. The van der Waals surface area contributed by atoms with Crippen molar-refractivity contribution >= 4 is 46.5 Å². The van der Waals surface area contributed by atoms with Crippen LogP contribution in [0, 0.1) is 5.92 Å². The van der Waals surface area contributed by atoms with Gasteiger partial charge in [0.05, 0.1) is 18.6 Å². The summed E-state index contributed by atoms with van der Waals surface area (Å²) in [5, 5.41) is 10.3. The second kappa shape index (κ2) is 15.7. The van der Waals surface area contributed by atoms with Gasteiger partial charge in [-0.2, -0.15) is 0 Å². The van der Waals surface area contributed by atoms with E-state index in [-0.39, 0.29) is 5.04 Å². The molecule has 0 heterocycles. The van der Waals surface area contributed by atoms with Crippen molar-refractivity contribution in [1.82, 2.24) is 0 Å². The van der Waals surface area contributed by atoms with Crippen LogP contribution >= 0.6 is 0 Å². The van der Waals surface area contributed by atoms with Gasteiger partial charge in [-0.05, 0) is 36.3 Å². The Kier molecular flexibility index (Phi) is 14.2. The molecule has 1 saturated carbocycles. The lowest BCUT2D eigenvalue weighted by Gasteiger charge is -2.52. The molecule has 1 aliphatic carbocycles. The van der Waals surface area contributed by atoms with Crippen LogP contribution < -0.4 is 0 Å². The Morgan fingerprint density at radius 2 is 0.717 bits per heavy atom. The number of aliphatic hydroxyl groups excluding tert-OH is 1. The lowest BCUT2D eigenvalue weighted by Crippen LogP contribution is -2.69. The van der Waals surface area contributed by atoms with Crippen LogP contribution in [0.4, 0.5) is 0 Å². The first kappa shape index (κ1) is 41.7. The summed E-state index contributed by atoms with van der Waals surface area (Å²) in [6.45, 7) is 24.8. The van der Waals surface area contributed by atoms with Gasteiger partial charge in [0.25, 0.3) is 0 Å². The summed E-state index contributed by atoms with van der Waals surface area (Å²) in [5.41, 5.74) is 0. The van der Waals surface area contributed by atoms with E-state index in [1.807, 2.05) is 67.7 Å². The van der Waals surface area contributed by atoms with E-state index < -0.39 is 107 Å². The van der Waals surface area contributed by atoms with E-state index in [0.29, 0.717) is 0 Å². The highest BCUT2D eigenvalue weighted by Gasteiger charge is 2.60. The van der Waals surface area contributed by atoms with Gasteiger partial charge in [0.15, 0.2) is 41.1 Å². The number of hydrogen-bond acceptors (Lipinski definition) is 13. The summed E-state index contributed by atoms with van der Waals surface area (Å²) < 4.78 is 42.8. The standard InChI is InChI=1S/C31H56O13Si2/c1-17(33)38-23-22(16-32)24(43-45(12,13)30(6,7)8)29(44-46(14,15)31(9,10)11)28(42-21(5)37)27(41-20(4)36)26(40-19(3)35)25(23)39-18(2)34/h22-29,32H,16H2,1-15H3/t22-,23+,24+,25+,26+,27+,28+,29-/m0/s1. The van der Waals surface area contributed by atoms with Crippen molar-refractivity contribution in [2.75, 3.05) is 6.61 Å². The molecule has 0 unspecified atom stereocenters. The van der Waals surface area contributed by atoms with Gasteiger partial charge in [-0.1, -0.05) is 41.5 Å². The Bertz CT molecular complexity index is 1110. The molecule has 1 N–H and O–H groups in total. The van der Waals surface area contributed by atoms with Crippen molar-refractivity contribution < 1.29 is 61.6 Å². The van der Waals surface area contributed by atoms with Crippen LogP contribution in [0.2, 0.25) is 36.3 Å². The third-order valence-electron chi connectivity index (χ3n) is 8.98. The fourth-order valence-corrected chi connectivity index (χ4v) is 7.43. The lowest BCUT2D eigenvalue weighted by atomic mass is 9.79. The third-order valence-corrected chi connectivity index (χ3v) is 17.9. The third kappa shape index (κ3) is 10.9. The van der Waals surface area contributed by atoms with E-state index >= 15 is 0 Å². The van der Waals surface area contributed by atoms with Crippen molar-refractivity contribution in [3.63, 3.8) is 0 Å². The average Bonchev–Trinajstić information content (AvgIpc) is 2.83. The van der Waals surface area contributed by atoms with Crippen molar-refractivity contribution in [3.05, 3.63) is 0 Å². The van der Waals surface area contributed by atoms with Crippen molar-refractivity contribution in [1.29, 1.82) is 0 Å². The molecule has 0 aromatic rings. The molecule has 0 aliphatic heterocycles. The molecule has 0 spiro atoms. The zero-order valence-electron chi connectivity index (χ0n) is 30.2. The highest BCUT2D eigenvalue weighted by Crippen LogP contribution is 2.45. The molecular formula is C31H56O13Si2. The Labute approximate surface area is 275 Å². The number of carbonyl (C=O) groups is 5. The molecule has 0 amide bonds. The monoisotopic (exact) mass is 692 g/mol. The molecule has 266 valence electrons. The number of esters is 5. The summed E-state index contributed by atoms with van der Waals surface area (Å²) in [7, 11) is -5.63. The Morgan fingerprint density at radius 3 is 0.978 bits per heavy atom. The normalized spacial score (nSPS) is 27.8. The van der Waals surface area contributed by atoms with Gasteiger partial charge < -0.3 is 37.6 Å². The second-order valence-electron chi connectivity index (χ2n) is 14.9. The molecular weight excluding hydrogens is 637 g/mol. The quantitative estimate of drug-likeness (QED) is 0.198. The van der Waals surface area contributed by atoms with Gasteiger partial charge >= 0.3 is 29.8 Å². The average molecular weight is 693 g/mol. The van der Waals surface area contributed by atoms with Crippen molar-refractivity contribution in [3.8, 4) is 0 Å². The van der Waals surface area contributed by atoms with Gasteiger partial charge in [-0.25, -0.2) is 0 Å². The summed E-state index contributed by atoms with van der Waals surface area (Å²) in [6.07, 6.45) is -10.4. The SMILES string of the molecule is CC(=O)O[C@H]1[C@@H](OC(C)=O)[C@@H](O[Si](C)(C)C(C)(C)C)[C@H](O[Si](C)(C)C(C)(C)C)[C@@H](CO)[C@@H](OC(C)=O)[C@@H](OC(C)=O)[C@H]1OC(C)=O. The number of hydrogen-bond donors (Lipinski definition) is 1. The van der Waals surface area contributed by atoms with E-state index in [4.69, 9.17) is 32.5 Å². The van der Waals surface area contributed by atoms with Crippen LogP contribution in [-0.2, 0) is 56.5 Å². The predicted octanol–water partition coefficient (Wildman–Crippen LogP) is 4.05. The zero-order chi connectivity index (χ0) is 36.2. The van der Waals surface area contributed by atoms with Gasteiger partial charge in [0, 0.05) is 34.6 Å². The maximum atomic E-state index is 12.8. The van der Waals surface area contributed by atoms with Gasteiger partial charge in [-0.3, -0.25) is 24.0 Å². The number of rotatable bonds is 10. The fourth-order valence-electron chi connectivity index (χ4n) is 4.79. The molecule has 0 radical (unpaired) electrons. The first-order chi connectivity index (χ1) is 20.7. The number of aliphatic hydroxyl groups is 1. The van der Waals surface area contributed by atoms with Crippen molar-refractivity contribution in [2.45, 2.75) is 155 Å². The lowest BCUT2D eigenvalue weighted by molar-refractivity contribution is -0.241. The maximum absolute atomic E-state index is 12.8. The van der Waals surface area contributed by atoms with Crippen LogP contribution in [-0.4, -0.2) is 101 Å². The van der Waals surface area contributed by atoms with E-state index in [9.17, 15) is 29.1 Å². The minimum Gasteiger partial charge on any atom is -0.458 e. The van der Waals surface area contributed by atoms with Crippen LogP contribution in [0.5, 0.6) is 0 Å². The van der Waals surface area contributed by atoms with E-state index in [1.54, 1.807) is 0 Å². The molecule has 1 rings (SSSR count). The van der Waals surface area contributed by atoms with Gasteiger partial charge in [0.2, 0.25) is 0 Å². The van der Waals surface area contributed by atoms with E-state index in [0.717, 1.165) is 34.6 Å². The van der Waals surface area contributed by atoms with E-state index in [2.05, 4.69) is 0 Å². The Hall–Kier alpha value is -2.34. The van der Waals surface area contributed by atoms with Crippen LogP contribution in [0.15, 0.2) is 0 Å². The maximum Gasteiger partial charge on any atom is 0.303 e. The molecule has 0 aromatic carbocycles. The van der Waals surface area contributed by atoms with Crippen LogP contribution in [0.3, 0.4) is 0 Å². The minimum atomic E-state index is -2.83. The molecule has 1 fully saturated rings. The highest BCUT2D eigenvalue weighted by atomic mass is 28.4. The Morgan fingerprint density at radius 1 is 0.478 bits per heavy atom. The van der Waals surface area contributed by atoms with Crippen LogP contribution in [0.25, 0.3) is 0 Å². The minimum absolute atomic E-state index is 0.379. The highest BCUT2D eigenvalue weighted by molar-refractivity contribution is 6.74. The fraction of sp³-hybridized carbons (Fsp3) is 0.839. The summed E-state index contributed by atoms with van der Waals surface area (Å²) >= 11 is 0. The zero-order valence-corrected chi connectivity index (χ0v) is 32.2. The summed E-state index contributed by atoms with van der Waals surface area (Å²) in [5.74, 6) is -5.29. The first-order valence-electron chi connectivity index (χ1n) is 15.5. The molecule has 46 heavy (non-hydrogen) atoms. The molecule has 8 atom stereocenters. The molecule has 0 aromatic heterocycles. The molecule has 1 aliphatic rings.